The topological polar surface area (TPSA) is 113 Å². The van der Waals surface area contributed by atoms with Crippen molar-refractivity contribution in [3.8, 4) is 0 Å². The van der Waals surface area contributed by atoms with Crippen LogP contribution in [0.5, 0.6) is 0 Å². The summed E-state index contributed by atoms with van der Waals surface area (Å²) in [6.07, 6.45) is 2.99. The number of anilines is 4. The van der Waals surface area contributed by atoms with Crippen LogP contribution in [0.3, 0.4) is 0 Å². The summed E-state index contributed by atoms with van der Waals surface area (Å²) < 4.78 is 42.3. The quantitative estimate of drug-likeness (QED) is 0.304. The molecule has 182 valence electrons. The molecule has 3 aromatic rings. The standard InChI is InChI=1S/C22H28BrN5O3S2Si/c1-32(29,28-33(30,31)14-15-34(2,3)4)19-12-10-18(11-13-19)26-22-24-16-20(23)21(27-22)25-17-8-6-5-7-9-17/h5-13,16H,14-15H2,1-4H3,(H2,24,25,26,27). The summed E-state index contributed by atoms with van der Waals surface area (Å²) in [5.74, 6) is 0.887. The molecule has 34 heavy (non-hydrogen) atoms. The van der Waals surface area contributed by atoms with Gasteiger partial charge in [0.1, 0.15) is 5.82 Å². The van der Waals surface area contributed by atoms with Crippen molar-refractivity contribution in [1.29, 1.82) is 0 Å². The Kier molecular flexibility index (Phi) is 8.16. The predicted octanol–water partition coefficient (Wildman–Crippen LogP) is 5.85. The molecule has 8 nitrogen and oxygen atoms in total. The fraction of sp³-hybridized carbons (Fsp3) is 0.273. The van der Waals surface area contributed by atoms with Crippen LogP contribution < -0.4 is 10.6 Å². The van der Waals surface area contributed by atoms with E-state index in [0.717, 1.165) is 5.69 Å². The van der Waals surface area contributed by atoms with E-state index in [9.17, 15) is 12.6 Å². The molecule has 0 fully saturated rings. The number of hydrogen-bond donors (Lipinski definition) is 2. The average molecular weight is 583 g/mol. The van der Waals surface area contributed by atoms with Crippen LogP contribution in [0, 0.1) is 0 Å². The lowest BCUT2D eigenvalue weighted by molar-refractivity contribution is 0.599. The number of nitrogens with zero attached hydrogens (tertiary/aromatic N) is 3. The Morgan fingerprint density at radius 1 is 0.941 bits per heavy atom. The number of benzene rings is 2. The summed E-state index contributed by atoms with van der Waals surface area (Å²) >= 11 is 3.45. The van der Waals surface area contributed by atoms with Crippen LogP contribution in [0.15, 0.2) is 73.9 Å². The molecule has 1 unspecified atom stereocenters. The lowest BCUT2D eigenvalue weighted by atomic mass is 10.3. The highest BCUT2D eigenvalue weighted by Crippen LogP contribution is 2.26. The number of sulfonamides is 1. The molecule has 0 spiro atoms. The summed E-state index contributed by atoms with van der Waals surface area (Å²) in [6, 6.07) is 16.8. The van der Waals surface area contributed by atoms with Gasteiger partial charge in [-0.1, -0.05) is 37.8 Å². The number of halogens is 1. The lowest BCUT2D eigenvalue weighted by Gasteiger charge is -2.14. The molecule has 12 heteroatoms. The van der Waals surface area contributed by atoms with Gasteiger partial charge in [0.05, 0.1) is 20.0 Å². The Hall–Kier alpha value is -2.28. The van der Waals surface area contributed by atoms with Crippen molar-refractivity contribution in [1.82, 2.24) is 9.97 Å². The van der Waals surface area contributed by atoms with Crippen LogP contribution in [0.2, 0.25) is 25.7 Å². The molecule has 0 radical (unpaired) electrons. The Morgan fingerprint density at radius 3 is 2.18 bits per heavy atom. The molecule has 0 aliphatic heterocycles. The summed E-state index contributed by atoms with van der Waals surface area (Å²) in [4.78, 5) is 9.11. The first kappa shape index (κ1) is 26.3. The third-order valence-corrected chi connectivity index (χ3v) is 11.3. The van der Waals surface area contributed by atoms with Crippen molar-refractivity contribution in [3.05, 3.63) is 65.3 Å². The molecule has 0 aliphatic rings. The van der Waals surface area contributed by atoms with E-state index in [0.29, 0.717) is 32.9 Å². The van der Waals surface area contributed by atoms with Gasteiger partial charge < -0.3 is 10.6 Å². The predicted molar refractivity (Wildman–Crippen MR) is 146 cm³/mol. The molecule has 1 heterocycles. The highest BCUT2D eigenvalue weighted by Gasteiger charge is 2.20. The zero-order valence-corrected chi connectivity index (χ0v) is 23.7. The van der Waals surface area contributed by atoms with Crippen LogP contribution >= 0.6 is 15.9 Å². The smallest absolute Gasteiger partial charge is 0.260 e. The largest absolute Gasteiger partial charge is 0.339 e. The third kappa shape index (κ3) is 7.89. The van der Waals surface area contributed by atoms with Crippen LogP contribution in [0.1, 0.15) is 0 Å². The van der Waals surface area contributed by atoms with Crippen LogP contribution in [-0.4, -0.2) is 42.7 Å². The molecule has 1 aromatic heterocycles. The first-order valence-electron chi connectivity index (χ1n) is 10.5. The maximum Gasteiger partial charge on any atom is 0.260 e. The van der Waals surface area contributed by atoms with E-state index >= 15 is 0 Å². The number of aromatic nitrogens is 2. The summed E-state index contributed by atoms with van der Waals surface area (Å²) in [5, 5.41) is 6.33. The first-order chi connectivity index (χ1) is 15.8. The Bertz CT molecular complexity index is 1370. The fourth-order valence-electron chi connectivity index (χ4n) is 2.83. The molecule has 0 aliphatic carbocycles. The van der Waals surface area contributed by atoms with Crippen molar-refractivity contribution in [2.75, 3.05) is 22.6 Å². The molecular formula is C22H28BrN5O3S2Si. The number of hydrogen-bond acceptors (Lipinski definition) is 7. The van der Waals surface area contributed by atoms with Gasteiger partial charge in [-0.3, -0.25) is 0 Å². The van der Waals surface area contributed by atoms with Gasteiger partial charge in [0.25, 0.3) is 10.0 Å². The normalized spacial score (nSPS) is 13.7. The summed E-state index contributed by atoms with van der Waals surface area (Å²) in [6.45, 7) is 6.27. The average Bonchev–Trinajstić information content (AvgIpc) is 2.75. The zero-order chi connectivity index (χ0) is 25.0. The molecule has 3 rings (SSSR count). The molecule has 0 saturated carbocycles. The molecule has 0 amide bonds. The molecule has 2 aromatic carbocycles. The minimum atomic E-state index is -3.78. The third-order valence-electron chi connectivity index (χ3n) is 4.69. The zero-order valence-electron chi connectivity index (χ0n) is 19.4. The van der Waals surface area contributed by atoms with Crippen molar-refractivity contribution in [2.24, 2.45) is 3.77 Å². The molecule has 0 saturated heterocycles. The van der Waals surface area contributed by atoms with Crippen molar-refractivity contribution in [2.45, 2.75) is 30.6 Å². The van der Waals surface area contributed by atoms with Crippen molar-refractivity contribution < 1.29 is 12.6 Å². The van der Waals surface area contributed by atoms with E-state index < -0.39 is 27.8 Å². The van der Waals surface area contributed by atoms with Crippen LogP contribution in [0.25, 0.3) is 0 Å². The SMILES string of the molecule is C[Si](C)(C)CCS(=O)(=O)N=S(C)(=O)c1ccc(Nc2ncc(Br)c(Nc3ccccc3)n2)cc1. The molecular weight excluding hydrogens is 554 g/mol. The Balaban J connectivity index is 1.76. The van der Waals surface area contributed by atoms with E-state index in [2.05, 4.69) is 59.9 Å². The minimum Gasteiger partial charge on any atom is -0.339 e. The second-order valence-electron chi connectivity index (χ2n) is 9.00. The minimum absolute atomic E-state index is 0.0759. The number of rotatable bonds is 9. The molecule has 1 atom stereocenters. The highest BCUT2D eigenvalue weighted by molar-refractivity contribution is 9.10. The summed E-state index contributed by atoms with van der Waals surface area (Å²) in [5.41, 5.74) is 1.55. The monoisotopic (exact) mass is 581 g/mol. The Labute approximate surface area is 211 Å². The molecule has 2 N–H and O–H groups in total. The van der Waals surface area contributed by atoms with E-state index in [1.54, 1.807) is 30.5 Å². The van der Waals surface area contributed by atoms with Crippen LogP contribution in [0.4, 0.5) is 23.1 Å². The van der Waals surface area contributed by atoms with Gasteiger partial charge in [0.15, 0.2) is 0 Å². The van der Waals surface area contributed by atoms with Gasteiger partial charge in [-0.05, 0) is 58.4 Å². The van der Waals surface area contributed by atoms with Gasteiger partial charge in [-0.2, -0.15) is 4.98 Å². The maximum absolute atomic E-state index is 13.1. The fourth-order valence-corrected chi connectivity index (χ4v) is 9.61. The lowest BCUT2D eigenvalue weighted by Crippen LogP contribution is -2.23. The van der Waals surface area contributed by atoms with E-state index in [-0.39, 0.29) is 5.75 Å². The van der Waals surface area contributed by atoms with E-state index in [4.69, 9.17) is 0 Å². The second kappa shape index (κ2) is 10.5. The second-order valence-corrected chi connectivity index (χ2v) is 19.7. The number of nitrogens with one attached hydrogen (secondary N) is 2. The van der Waals surface area contributed by atoms with E-state index in [1.807, 2.05) is 30.3 Å². The number of para-hydroxylation sites is 1. The molecule has 0 bridgehead atoms. The highest BCUT2D eigenvalue weighted by atomic mass is 79.9. The van der Waals surface area contributed by atoms with Gasteiger partial charge in [0, 0.05) is 36.8 Å². The van der Waals surface area contributed by atoms with Gasteiger partial charge in [-0.15, -0.1) is 3.77 Å². The first-order valence-corrected chi connectivity index (χ1v) is 18.5. The Morgan fingerprint density at radius 2 is 1.56 bits per heavy atom. The van der Waals surface area contributed by atoms with Gasteiger partial charge >= 0.3 is 0 Å². The summed E-state index contributed by atoms with van der Waals surface area (Å²) in [7, 11) is -8.43. The van der Waals surface area contributed by atoms with Crippen LogP contribution in [-0.2, 0) is 19.8 Å². The maximum atomic E-state index is 13.1. The van der Waals surface area contributed by atoms with E-state index in [1.165, 1.54) is 6.26 Å². The van der Waals surface area contributed by atoms with Crippen molar-refractivity contribution in [3.63, 3.8) is 0 Å². The van der Waals surface area contributed by atoms with Gasteiger partial charge in [-0.25, -0.2) is 17.6 Å². The van der Waals surface area contributed by atoms with Crippen molar-refractivity contribution >= 4 is 66.9 Å². The van der Waals surface area contributed by atoms with Gasteiger partial charge in [0.2, 0.25) is 5.95 Å².